The zero-order valence-corrected chi connectivity index (χ0v) is 12.1. The van der Waals surface area contributed by atoms with Crippen LogP contribution in [0.15, 0.2) is 36.7 Å². The highest BCUT2D eigenvalue weighted by Crippen LogP contribution is 2.19. The average Bonchev–Trinajstić information content (AvgIpc) is 3.25. The van der Waals surface area contributed by atoms with E-state index in [1.165, 1.54) is 25.6 Å². The molecule has 2 aromatic rings. The topological polar surface area (TPSA) is 56.1 Å². The van der Waals surface area contributed by atoms with Crippen LogP contribution in [-0.2, 0) is 17.8 Å². The summed E-state index contributed by atoms with van der Waals surface area (Å²) in [5.74, 6) is -0.357. The van der Waals surface area contributed by atoms with Crippen molar-refractivity contribution in [2.24, 2.45) is 0 Å². The number of ether oxygens (including phenoxy) is 1. The van der Waals surface area contributed by atoms with Gasteiger partial charge in [0.15, 0.2) is 0 Å². The van der Waals surface area contributed by atoms with Crippen LogP contribution in [0.25, 0.3) is 0 Å². The fourth-order valence-corrected chi connectivity index (χ4v) is 2.23. The molecule has 2 aromatic heterocycles. The molecular formula is C16H19N3O2. The molecule has 1 aliphatic rings. The van der Waals surface area contributed by atoms with Gasteiger partial charge in [-0.25, -0.2) is 4.79 Å². The molecule has 1 fully saturated rings. The van der Waals surface area contributed by atoms with Gasteiger partial charge in [-0.05, 0) is 37.1 Å². The summed E-state index contributed by atoms with van der Waals surface area (Å²) in [5, 5.41) is 3.51. The number of esters is 1. The van der Waals surface area contributed by atoms with Crippen molar-refractivity contribution in [1.82, 2.24) is 14.9 Å². The third-order valence-electron chi connectivity index (χ3n) is 3.65. The van der Waals surface area contributed by atoms with Crippen LogP contribution in [0, 0.1) is 0 Å². The molecule has 5 nitrogen and oxygen atoms in total. The second-order valence-electron chi connectivity index (χ2n) is 5.31. The van der Waals surface area contributed by atoms with Crippen molar-refractivity contribution in [2.75, 3.05) is 7.11 Å². The number of nitrogens with one attached hydrogen (secondary N) is 1. The van der Waals surface area contributed by atoms with E-state index in [4.69, 9.17) is 0 Å². The molecule has 1 N–H and O–H groups in total. The molecule has 0 spiro atoms. The van der Waals surface area contributed by atoms with Crippen LogP contribution in [-0.4, -0.2) is 28.7 Å². The van der Waals surface area contributed by atoms with Crippen LogP contribution in [0.1, 0.15) is 34.6 Å². The van der Waals surface area contributed by atoms with Crippen molar-refractivity contribution < 1.29 is 9.53 Å². The van der Waals surface area contributed by atoms with Crippen LogP contribution in [0.5, 0.6) is 0 Å². The van der Waals surface area contributed by atoms with Gasteiger partial charge in [-0.3, -0.25) is 4.98 Å². The molecule has 0 aromatic carbocycles. The highest BCUT2D eigenvalue weighted by molar-refractivity contribution is 5.88. The Kier molecular flexibility index (Phi) is 4.01. The lowest BCUT2D eigenvalue weighted by molar-refractivity contribution is 0.0600. The molecule has 1 saturated carbocycles. The Bertz CT molecular complexity index is 615. The van der Waals surface area contributed by atoms with Crippen molar-refractivity contribution in [2.45, 2.75) is 32.0 Å². The Morgan fingerprint density at radius 3 is 2.95 bits per heavy atom. The van der Waals surface area contributed by atoms with Gasteiger partial charge in [0.1, 0.15) is 0 Å². The fourth-order valence-electron chi connectivity index (χ4n) is 2.23. The van der Waals surface area contributed by atoms with Crippen LogP contribution in [0.4, 0.5) is 0 Å². The van der Waals surface area contributed by atoms with E-state index in [1.807, 2.05) is 12.1 Å². The molecule has 1 aliphatic carbocycles. The van der Waals surface area contributed by atoms with E-state index < -0.39 is 0 Å². The molecular weight excluding hydrogens is 266 g/mol. The minimum Gasteiger partial charge on any atom is -0.465 e. The number of rotatable bonds is 6. The molecule has 0 amide bonds. The standard InChI is InChI=1S/C16H19N3O2/c1-21-16(20)12-4-5-14(17-9-12)11-19-8-2-3-15(19)10-18-13-6-7-13/h2-5,8-9,13,18H,6-7,10-11H2,1H3. The number of aromatic nitrogens is 2. The second-order valence-corrected chi connectivity index (χ2v) is 5.31. The normalized spacial score (nSPS) is 14.1. The SMILES string of the molecule is COC(=O)c1ccc(Cn2cccc2CNC2CC2)nc1. The summed E-state index contributed by atoms with van der Waals surface area (Å²) >= 11 is 0. The van der Waals surface area contributed by atoms with Crippen molar-refractivity contribution in [3.05, 3.63) is 53.6 Å². The Hall–Kier alpha value is -2.14. The van der Waals surface area contributed by atoms with Gasteiger partial charge in [0.25, 0.3) is 0 Å². The van der Waals surface area contributed by atoms with Gasteiger partial charge >= 0.3 is 5.97 Å². The first-order valence-corrected chi connectivity index (χ1v) is 7.17. The number of hydrogen-bond donors (Lipinski definition) is 1. The number of methoxy groups -OCH3 is 1. The van der Waals surface area contributed by atoms with E-state index in [9.17, 15) is 4.79 Å². The third kappa shape index (κ3) is 3.49. The summed E-state index contributed by atoms with van der Waals surface area (Å²) < 4.78 is 6.85. The van der Waals surface area contributed by atoms with E-state index in [-0.39, 0.29) is 5.97 Å². The van der Waals surface area contributed by atoms with Crippen LogP contribution in [0.3, 0.4) is 0 Å². The van der Waals surface area contributed by atoms with Gasteiger partial charge in [-0.1, -0.05) is 0 Å². The van der Waals surface area contributed by atoms with Gasteiger partial charge < -0.3 is 14.6 Å². The largest absolute Gasteiger partial charge is 0.465 e. The minimum absolute atomic E-state index is 0.357. The summed E-state index contributed by atoms with van der Waals surface area (Å²) in [7, 11) is 1.37. The van der Waals surface area contributed by atoms with E-state index >= 15 is 0 Å². The van der Waals surface area contributed by atoms with Crippen molar-refractivity contribution >= 4 is 5.97 Å². The molecule has 3 rings (SSSR count). The maximum absolute atomic E-state index is 11.4. The van der Waals surface area contributed by atoms with E-state index in [1.54, 1.807) is 12.3 Å². The highest BCUT2D eigenvalue weighted by atomic mass is 16.5. The summed E-state index contributed by atoms with van der Waals surface area (Å²) in [6, 6.07) is 8.49. The molecule has 110 valence electrons. The maximum atomic E-state index is 11.4. The van der Waals surface area contributed by atoms with E-state index in [2.05, 4.69) is 31.9 Å². The lowest BCUT2D eigenvalue weighted by Gasteiger charge is -2.10. The number of nitrogens with zero attached hydrogens (tertiary/aromatic N) is 2. The van der Waals surface area contributed by atoms with Gasteiger partial charge in [0.2, 0.25) is 0 Å². The molecule has 0 bridgehead atoms. The van der Waals surface area contributed by atoms with Gasteiger partial charge in [0, 0.05) is 30.7 Å². The maximum Gasteiger partial charge on any atom is 0.339 e. The summed E-state index contributed by atoms with van der Waals surface area (Å²) in [4.78, 5) is 15.7. The second kappa shape index (κ2) is 6.10. The van der Waals surface area contributed by atoms with Crippen molar-refractivity contribution in [3.8, 4) is 0 Å². The quantitative estimate of drug-likeness (QED) is 0.824. The predicted molar refractivity (Wildman–Crippen MR) is 79.0 cm³/mol. The fraction of sp³-hybridized carbons (Fsp3) is 0.375. The smallest absolute Gasteiger partial charge is 0.339 e. The van der Waals surface area contributed by atoms with E-state index in [0.29, 0.717) is 18.2 Å². The highest BCUT2D eigenvalue weighted by Gasteiger charge is 2.20. The number of pyridine rings is 1. The Morgan fingerprint density at radius 1 is 1.43 bits per heavy atom. The first kappa shape index (κ1) is 13.8. The molecule has 0 aliphatic heterocycles. The molecule has 0 radical (unpaired) electrons. The molecule has 5 heteroatoms. The molecule has 0 saturated heterocycles. The lowest BCUT2D eigenvalue weighted by atomic mass is 10.2. The average molecular weight is 285 g/mol. The molecule has 21 heavy (non-hydrogen) atoms. The van der Waals surface area contributed by atoms with Gasteiger partial charge in [-0.15, -0.1) is 0 Å². The zero-order chi connectivity index (χ0) is 14.7. The minimum atomic E-state index is -0.357. The first-order valence-electron chi connectivity index (χ1n) is 7.17. The molecule has 2 heterocycles. The van der Waals surface area contributed by atoms with E-state index in [0.717, 1.165) is 12.2 Å². The van der Waals surface area contributed by atoms with Crippen molar-refractivity contribution in [3.63, 3.8) is 0 Å². The predicted octanol–water partition coefficient (Wildman–Crippen LogP) is 1.97. The molecule has 0 atom stereocenters. The number of carbonyl (C=O) groups is 1. The van der Waals surface area contributed by atoms with Gasteiger partial charge in [-0.2, -0.15) is 0 Å². The zero-order valence-electron chi connectivity index (χ0n) is 12.1. The third-order valence-corrected chi connectivity index (χ3v) is 3.65. The summed E-state index contributed by atoms with van der Waals surface area (Å²) in [6.45, 7) is 1.59. The van der Waals surface area contributed by atoms with Crippen LogP contribution < -0.4 is 5.32 Å². The summed E-state index contributed by atoms with van der Waals surface area (Å²) in [5.41, 5.74) is 2.65. The Balaban J connectivity index is 1.65. The van der Waals surface area contributed by atoms with Crippen LogP contribution >= 0.6 is 0 Å². The lowest BCUT2D eigenvalue weighted by Crippen LogP contribution is -2.18. The first-order chi connectivity index (χ1) is 10.3. The number of hydrogen-bond acceptors (Lipinski definition) is 4. The molecule has 0 unspecified atom stereocenters. The van der Waals surface area contributed by atoms with Crippen molar-refractivity contribution in [1.29, 1.82) is 0 Å². The van der Waals surface area contributed by atoms with Gasteiger partial charge in [0.05, 0.1) is 24.9 Å². The Labute approximate surface area is 124 Å². The number of carbonyl (C=O) groups excluding carboxylic acids is 1. The Morgan fingerprint density at radius 2 is 2.29 bits per heavy atom. The monoisotopic (exact) mass is 285 g/mol. The van der Waals surface area contributed by atoms with Crippen LogP contribution in [0.2, 0.25) is 0 Å². The summed E-state index contributed by atoms with van der Waals surface area (Å²) in [6.07, 6.45) is 6.20.